The molecule has 0 N–H and O–H groups in total. The van der Waals surface area contributed by atoms with E-state index in [9.17, 15) is 13.2 Å². The number of rotatable bonds is 10. The normalized spacial score (nSPS) is 13.8. The Morgan fingerprint density at radius 2 is 1.71 bits per heavy atom. The van der Waals surface area contributed by atoms with Crippen LogP contribution < -0.4 is 14.4 Å². The fourth-order valence-corrected chi connectivity index (χ4v) is 6.10. The van der Waals surface area contributed by atoms with Gasteiger partial charge in [0.1, 0.15) is 17.3 Å². The number of furan rings is 1. The average molecular weight is 592 g/mol. The minimum absolute atomic E-state index is 0.0458. The summed E-state index contributed by atoms with van der Waals surface area (Å²) in [5.74, 6) is 2.20. The van der Waals surface area contributed by atoms with Crippen LogP contribution in [0.5, 0.6) is 11.5 Å². The zero-order chi connectivity index (χ0) is 29.7. The molecule has 11 nitrogen and oxygen atoms in total. The number of piperazine rings is 1. The minimum atomic E-state index is -3.94. The molecule has 5 rings (SSSR count). The molecule has 0 saturated carbocycles. The van der Waals surface area contributed by atoms with Gasteiger partial charge in [0.2, 0.25) is 15.9 Å². The molecule has 0 atom stereocenters. The maximum Gasteiger partial charge on any atom is 0.243 e. The molecule has 0 bridgehead atoms. The Bertz CT molecular complexity index is 1600. The Kier molecular flexibility index (Phi) is 8.74. The number of nitrogens with zero attached hydrogens (tertiary/aromatic N) is 5. The van der Waals surface area contributed by atoms with Crippen molar-refractivity contribution >= 4 is 21.7 Å². The Morgan fingerprint density at radius 3 is 2.33 bits per heavy atom. The van der Waals surface area contributed by atoms with Gasteiger partial charge in [-0.1, -0.05) is 17.7 Å². The van der Waals surface area contributed by atoms with Gasteiger partial charge in [0.25, 0.3) is 0 Å². The van der Waals surface area contributed by atoms with Crippen LogP contribution in [0.15, 0.2) is 82.3 Å². The van der Waals surface area contributed by atoms with E-state index in [0.717, 1.165) is 11.1 Å². The quantitative estimate of drug-likeness (QED) is 0.273. The number of ether oxygens (including phenoxy) is 2. The molecular weight excluding hydrogens is 558 g/mol. The first-order valence-electron chi connectivity index (χ1n) is 13.5. The highest BCUT2D eigenvalue weighted by atomic mass is 32.2. The number of hydrogen-bond donors (Lipinski definition) is 0. The van der Waals surface area contributed by atoms with E-state index in [1.165, 1.54) is 10.6 Å². The van der Waals surface area contributed by atoms with Crippen LogP contribution >= 0.6 is 0 Å². The zero-order valence-corrected chi connectivity index (χ0v) is 24.6. The predicted molar refractivity (Wildman–Crippen MR) is 157 cm³/mol. The molecule has 1 saturated heterocycles. The van der Waals surface area contributed by atoms with Crippen LogP contribution in [0.1, 0.15) is 11.3 Å². The lowest BCUT2D eigenvalue weighted by Gasteiger charge is -2.36. The number of carbonyl (C=O) groups is 1. The largest absolute Gasteiger partial charge is 0.497 e. The number of hydrogen-bond acceptors (Lipinski definition) is 9. The van der Waals surface area contributed by atoms with Gasteiger partial charge in [-0.3, -0.25) is 4.79 Å². The van der Waals surface area contributed by atoms with Crippen molar-refractivity contribution in [3.63, 3.8) is 0 Å². The molecule has 4 aromatic rings. The fraction of sp³-hybridized carbons (Fsp3) is 0.300. The molecule has 42 heavy (non-hydrogen) atoms. The van der Waals surface area contributed by atoms with E-state index in [-0.39, 0.29) is 23.9 Å². The molecule has 1 amide bonds. The van der Waals surface area contributed by atoms with Crippen molar-refractivity contribution < 1.29 is 27.1 Å². The second kappa shape index (κ2) is 12.6. The van der Waals surface area contributed by atoms with E-state index in [1.54, 1.807) is 61.6 Å². The second-order valence-electron chi connectivity index (χ2n) is 9.88. The lowest BCUT2D eigenvalue weighted by Crippen LogP contribution is -2.52. The van der Waals surface area contributed by atoms with Crippen molar-refractivity contribution in [3.8, 4) is 22.8 Å². The third kappa shape index (κ3) is 6.39. The molecule has 1 aliphatic heterocycles. The van der Waals surface area contributed by atoms with E-state index in [4.69, 9.17) is 13.9 Å². The van der Waals surface area contributed by atoms with Gasteiger partial charge >= 0.3 is 0 Å². The lowest BCUT2D eigenvalue weighted by atomic mass is 10.1. The Morgan fingerprint density at radius 1 is 0.952 bits per heavy atom. The highest BCUT2D eigenvalue weighted by Gasteiger charge is 2.31. The van der Waals surface area contributed by atoms with Crippen molar-refractivity contribution in [1.82, 2.24) is 19.4 Å². The fourth-order valence-electron chi connectivity index (χ4n) is 4.75. The van der Waals surface area contributed by atoms with Gasteiger partial charge in [-0.2, -0.15) is 4.31 Å². The molecule has 2 aromatic carbocycles. The summed E-state index contributed by atoms with van der Waals surface area (Å²) in [7, 11) is -0.746. The SMILES string of the molecule is COc1ccc(-c2ccc(N3CCN(C(=O)CN(Cc4ccco4)S(=O)(=O)c4ccc(C)cc4)CC3)nn2)c(OC)c1. The van der Waals surface area contributed by atoms with Crippen molar-refractivity contribution in [2.45, 2.75) is 18.4 Å². The molecule has 0 aliphatic carbocycles. The second-order valence-corrected chi connectivity index (χ2v) is 11.8. The Hall–Kier alpha value is -4.42. The molecule has 2 aromatic heterocycles. The van der Waals surface area contributed by atoms with Crippen LogP contribution in [-0.2, 0) is 21.4 Å². The third-order valence-corrected chi connectivity index (χ3v) is 8.98. The maximum atomic E-state index is 13.5. The van der Waals surface area contributed by atoms with Crippen molar-refractivity contribution in [2.24, 2.45) is 0 Å². The highest BCUT2D eigenvalue weighted by Crippen LogP contribution is 2.32. The van der Waals surface area contributed by atoms with Gasteiger partial charge in [-0.05, 0) is 55.5 Å². The van der Waals surface area contributed by atoms with E-state index in [2.05, 4.69) is 15.1 Å². The molecule has 1 fully saturated rings. The molecule has 220 valence electrons. The van der Waals surface area contributed by atoms with Crippen LogP contribution in [-0.4, -0.2) is 80.7 Å². The smallest absolute Gasteiger partial charge is 0.243 e. The summed E-state index contributed by atoms with van der Waals surface area (Å²) in [4.78, 5) is 17.2. The van der Waals surface area contributed by atoms with Crippen LogP contribution in [0.4, 0.5) is 5.82 Å². The summed E-state index contributed by atoms with van der Waals surface area (Å²) in [6.45, 7) is 3.47. The molecule has 3 heterocycles. The van der Waals surface area contributed by atoms with Crippen molar-refractivity contribution in [2.75, 3.05) is 51.8 Å². The number of carbonyl (C=O) groups excluding carboxylic acids is 1. The first-order valence-corrected chi connectivity index (χ1v) is 14.9. The number of aromatic nitrogens is 2. The Labute approximate surface area is 245 Å². The van der Waals surface area contributed by atoms with E-state index >= 15 is 0 Å². The monoisotopic (exact) mass is 591 g/mol. The summed E-state index contributed by atoms with van der Waals surface area (Å²) in [5, 5.41) is 8.82. The van der Waals surface area contributed by atoms with Crippen molar-refractivity contribution in [3.05, 3.63) is 84.3 Å². The summed E-state index contributed by atoms with van der Waals surface area (Å²) in [6, 6.07) is 19.3. The topological polar surface area (TPSA) is 118 Å². The number of methoxy groups -OCH3 is 2. The summed E-state index contributed by atoms with van der Waals surface area (Å²) in [6.07, 6.45) is 1.48. The summed E-state index contributed by atoms with van der Waals surface area (Å²) < 4.78 is 44.3. The average Bonchev–Trinajstić information content (AvgIpc) is 3.54. The maximum absolute atomic E-state index is 13.5. The minimum Gasteiger partial charge on any atom is -0.497 e. The van der Waals surface area contributed by atoms with Gasteiger partial charge in [-0.15, -0.1) is 10.2 Å². The van der Waals surface area contributed by atoms with E-state index in [1.807, 2.05) is 31.2 Å². The van der Waals surface area contributed by atoms with Gasteiger partial charge in [-0.25, -0.2) is 8.42 Å². The predicted octanol–water partition coefficient (Wildman–Crippen LogP) is 3.60. The van der Waals surface area contributed by atoms with Gasteiger partial charge < -0.3 is 23.7 Å². The number of amides is 1. The summed E-state index contributed by atoms with van der Waals surface area (Å²) >= 11 is 0. The number of benzene rings is 2. The lowest BCUT2D eigenvalue weighted by molar-refractivity contribution is -0.131. The van der Waals surface area contributed by atoms with Gasteiger partial charge in [0.15, 0.2) is 5.82 Å². The van der Waals surface area contributed by atoms with Crippen LogP contribution in [0.3, 0.4) is 0 Å². The van der Waals surface area contributed by atoms with Crippen molar-refractivity contribution in [1.29, 1.82) is 0 Å². The van der Waals surface area contributed by atoms with Gasteiger partial charge in [0.05, 0.1) is 44.2 Å². The standard InChI is InChI=1S/C30H33N5O6S/c1-22-6-9-25(10-7-22)42(37,38)35(20-24-5-4-18-41-24)21-30(36)34-16-14-33(15-17-34)29-13-12-27(31-32-29)26-11-8-23(39-2)19-28(26)40-3/h4-13,18-19H,14-17,20-21H2,1-3H3. The molecule has 0 unspecified atom stereocenters. The highest BCUT2D eigenvalue weighted by molar-refractivity contribution is 7.89. The molecular formula is C30H33N5O6S. The van der Waals surface area contributed by atoms with Crippen LogP contribution in [0.25, 0.3) is 11.3 Å². The third-order valence-electron chi connectivity index (χ3n) is 7.17. The van der Waals surface area contributed by atoms with E-state index < -0.39 is 10.0 Å². The number of aryl methyl sites for hydroxylation is 1. The van der Waals surface area contributed by atoms with Crippen LogP contribution in [0.2, 0.25) is 0 Å². The number of sulfonamides is 1. The first-order chi connectivity index (χ1) is 20.3. The summed E-state index contributed by atoms with van der Waals surface area (Å²) in [5.41, 5.74) is 2.41. The molecule has 1 aliphatic rings. The number of anilines is 1. The molecule has 0 spiro atoms. The molecule has 12 heteroatoms. The van der Waals surface area contributed by atoms with E-state index in [0.29, 0.717) is 55.0 Å². The Balaban J connectivity index is 1.24. The van der Waals surface area contributed by atoms with Gasteiger partial charge in [0, 0.05) is 37.8 Å². The van der Waals surface area contributed by atoms with Crippen LogP contribution in [0, 0.1) is 6.92 Å². The zero-order valence-electron chi connectivity index (χ0n) is 23.8. The molecule has 0 radical (unpaired) electrons. The first kappa shape index (κ1) is 29.1.